The van der Waals surface area contributed by atoms with E-state index in [1.165, 1.54) is 19.2 Å². The monoisotopic (exact) mass is 385 g/mol. The predicted octanol–water partition coefficient (Wildman–Crippen LogP) is 1.46. The second-order valence-corrected chi connectivity index (χ2v) is 8.05. The Morgan fingerprint density at radius 3 is 2.19 bits per heavy atom. The van der Waals surface area contributed by atoms with Crippen molar-refractivity contribution in [3.05, 3.63) is 24.3 Å². The van der Waals surface area contributed by atoms with Crippen LogP contribution in [-0.2, 0) is 14.8 Å². The van der Waals surface area contributed by atoms with Crippen LogP contribution in [0.15, 0.2) is 29.2 Å². The van der Waals surface area contributed by atoms with Crippen molar-refractivity contribution in [3.8, 4) is 5.75 Å². The minimum absolute atomic E-state index is 0.0971. The Hall–Kier alpha value is -1.64. The highest BCUT2D eigenvalue weighted by Gasteiger charge is 2.28. The second kappa shape index (κ2) is 10.5. The zero-order valence-corrected chi connectivity index (χ0v) is 17.1. The molecule has 26 heavy (non-hydrogen) atoms. The zero-order chi connectivity index (χ0) is 19.7. The third kappa shape index (κ3) is 6.59. The molecular weight excluding hydrogens is 354 g/mol. The maximum atomic E-state index is 12.6. The Morgan fingerprint density at radius 2 is 1.73 bits per heavy atom. The number of amides is 1. The minimum atomic E-state index is -3.80. The van der Waals surface area contributed by atoms with E-state index in [2.05, 4.69) is 28.8 Å². The molecule has 0 aromatic heterocycles. The fourth-order valence-electron chi connectivity index (χ4n) is 2.47. The molecule has 0 aliphatic carbocycles. The van der Waals surface area contributed by atoms with Gasteiger partial charge in [-0.3, -0.25) is 4.79 Å². The topological polar surface area (TPSA) is 87.7 Å². The second-order valence-electron chi connectivity index (χ2n) is 6.34. The molecule has 0 unspecified atom stereocenters. The number of hydrogen-bond donors (Lipinski definition) is 2. The number of likely N-dealkylation sites (N-methyl/N-ethyl adjacent to an activating group) is 1. The number of nitrogens with one attached hydrogen (secondary N) is 2. The van der Waals surface area contributed by atoms with Crippen LogP contribution in [0, 0.1) is 5.92 Å². The molecule has 1 amide bonds. The first-order valence-electron chi connectivity index (χ1n) is 8.91. The van der Waals surface area contributed by atoms with E-state index >= 15 is 0 Å². The molecule has 0 fully saturated rings. The van der Waals surface area contributed by atoms with Gasteiger partial charge in [-0.15, -0.1) is 0 Å². The molecule has 0 radical (unpaired) electrons. The van der Waals surface area contributed by atoms with E-state index in [-0.39, 0.29) is 16.7 Å². The molecule has 0 saturated carbocycles. The third-order valence-electron chi connectivity index (χ3n) is 4.22. The van der Waals surface area contributed by atoms with Crippen LogP contribution in [0.4, 0.5) is 0 Å². The molecule has 0 heterocycles. The highest BCUT2D eigenvalue weighted by atomic mass is 32.2. The lowest BCUT2D eigenvalue weighted by Gasteiger charge is -2.23. The predicted molar refractivity (Wildman–Crippen MR) is 103 cm³/mol. The van der Waals surface area contributed by atoms with Crippen molar-refractivity contribution < 1.29 is 17.9 Å². The summed E-state index contributed by atoms with van der Waals surface area (Å²) in [7, 11) is -2.29. The number of carbonyl (C=O) groups excluding carboxylic acids is 1. The van der Waals surface area contributed by atoms with E-state index in [4.69, 9.17) is 4.74 Å². The first-order chi connectivity index (χ1) is 12.2. The highest BCUT2D eigenvalue weighted by Crippen LogP contribution is 2.16. The molecule has 0 spiro atoms. The molecule has 1 aromatic carbocycles. The molecule has 8 heteroatoms. The Balaban J connectivity index is 2.77. The van der Waals surface area contributed by atoms with Gasteiger partial charge in [0.25, 0.3) is 0 Å². The van der Waals surface area contributed by atoms with Crippen LogP contribution < -0.4 is 14.8 Å². The SMILES string of the molecule is CCN(CC)CCNC(=O)[C@@H](NS(=O)(=O)c1ccc(OC)cc1)C(C)C. The Kier molecular flexibility index (Phi) is 9.04. The van der Waals surface area contributed by atoms with E-state index in [0.717, 1.165) is 19.6 Å². The summed E-state index contributed by atoms with van der Waals surface area (Å²) < 4.78 is 32.7. The molecule has 0 aliphatic rings. The van der Waals surface area contributed by atoms with Crippen LogP contribution in [0.25, 0.3) is 0 Å². The number of methoxy groups -OCH3 is 1. The summed E-state index contributed by atoms with van der Waals surface area (Å²) in [5, 5.41) is 2.83. The summed E-state index contributed by atoms with van der Waals surface area (Å²) >= 11 is 0. The zero-order valence-electron chi connectivity index (χ0n) is 16.3. The number of hydrogen-bond acceptors (Lipinski definition) is 5. The van der Waals surface area contributed by atoms with Gasteiger partial charge in [-0.05, 0) is 43.3 Å². The van der Waals surface area contributed by atoms with Crippen molar-refractivity contribution in [1.82, 2.24) is 14.9 Å². The smallest absolute Gasteiger partial charge is 0.241 e. The lowest BCUT2D eigenvalue weighted by Crippen LogP contribution is -2.50. The van der Waals surface area contributed by atoms with Crippen LogP contribution >= 0.6 is 0 Å². The third-order valence-corrected chi connectivity index (χ3v) is 5.68. The van der Waals surface area contributed by atoms with Gasteiger partial charge in [-0.2, -0.15) is 4.72 Å². The summed E-state index contributed by atoms with van der Waals surface area (Å²) in [5.41, 5.74) is 0. The molecule has 0 bridgehead atoms. The number of benzene rings is 1. The number of carbonyl (C=O) groups is 1. The van der Waals surface area contributed by atoms with E-state index < -0.39 is 16.1 Å². The Bertz CT molecular complexity index is 656. The first-order valence-corrected chi connectivity index (χ1v) is 10.4. The number of nitrogens with zero attached hydrogens (tertiary/aromatic N) is 1. The van der Waals surface area contributed by atoms with Crippen molar-refractivity contribution >= 4 is 15.9 Å². The molecule has 1 aromatic rings. The lowest BCUT2D eigenvalue weighted by atomic mass is 10.1. The van der Waals surface area contributed by atoms with Crippen molar-refractivity contribution in [2.45, 2.75) is 38.6 Å². The van der Waals surface area contributed by atoms with Gasteiger partial charge < -0.3 is 15.0 Å². The summed E-state index contributed by atoms with van der Waals surface area (Å²) in [6, 6.07) is 5.22. The van der Waals surface area contributed by atoms with E-state index in [1.807, 2.05) is 13.8 Å². The quantitative estimate of drug-likeness (QED) is 0.602. The number of rotatable bonds is 11. The van der Waals surface area contributed by atoms with Gasteiger partial charge >= 0.3 is 0 Å². The first kappa shape index (κ1) is 22.4. The van der Waals surface area contributed by atoms with E-state index in [9.17, 15) is 13.2 Å². The molecule has 7 nitrogen and oxygen atoms in total. The lowest BCUT2D eigenvalue weighted by molar-refractivity contribution is -0.123. The van der Waals surface area contributed by atoms with Crippen LogP contribution in [0.5, 0.6) is 5.75 Å². The standard InChI is InChI=1S/C18H31N3O4S/c1-6-21(7-2)13-12-19-18(22)17(14(3)4)20-26(23,24)16-10-8-15(25-5)9-11-16/h8-11,14,17,20H,6-7,12-13H2,1-5H3,(H,19,22)/t17-/m0/s1. The molecule has 1 rings (SSSR count). The van der Waals surface area contributed by atoms with Crippen molar-refractivity contribution in [2.24, 2.45) is 5.92 Å². The molecule has 1 atom stereocenters. The molecule has 0 aliphatic heterocycles. The fraction of sp³-hybridized carbons (Fsp3) is 0.611. The van der Waals surface area contributed by atoms with Gasteiger partial charge in [-0.1, -0.05) is 27.7 Å². The van der Waals surface area contributed by atoms with Crippen molar-refractivity contribution in [1.29, 1.82) is 0 Å². The van der Waals surface area contributed by atoms with Gasteiger partial charge in [0, 0.05) is 13.1 Å². The van der Waals surface area contributed by atoms with Crippen LogP contribution in [0.2, 0.25) is 0 Å². The molecule has 2 N–H and O–H groups in total. The van der Waals surface area contributed by atoms with Gasteiger partial charge in [0.2, 0.25) is 15.9 Å². The van der Waals surface area contributed by atoms with E-state index in [0.29, 0.717) is 12.3 Å². The summed E-state index contributed by atoms with van der Waals surface area (Å²) in [6.45, 7) is 10.8. The highest BCUT2D eigenvalue weighted by molar-refractivity contribution is 7.89. The summed E-state index contributed by atoms with van der Waals surface area (Å²) in [6.07, 6.45) is 0. The van der Waals surface area contributed by atoms with Gasteiger partial charge in [0.05, 0.1) is 12.0 Å². The number of sulfonamides is 1. The van der Waals surface area contributed by atoms with Gasteiger partial charge in [-0.25, -0.2) is 8.42 Å². The largest absolute Gasteiger partial charge is 0.497 e. The fourth-order valence-corrected chi connectivity index (χ4v) is 3.81. The van der Waals surface area contributed by atoms with Gasteiger partial charge in [0.15, 0.2) is 0 Å². The summed E-state index contributed by atoms with van der Waals surface area (Å²) in [5.74, 6) is 0.0687. The van der Waals surface area contributed by atoms with E-state index in [1.54, 1.807) is 12.1 Å². The van der Waals surface area contributed by atoms with Gasteiger partial charge in [0.1, 0.15) is 11.8 Å². The van der Waals surface area contributed by atoms with Crippen molar-refractivity contribution in [2.75, 3.05) is 33.3 Å². The average molecular weight is 386 g/mol. The number of ether oxygens (including phenoxy) is 1. The molecular formula is C18H31N3O4S. The maximum Gasteiger partial charge on any atom is 0.241 e. The Morgan fingerprint density at radius 1 is 1.15 bits per heavy atom. The Labute approximate surface area is 157 Å². The molecule has 148 valence electrons. The average Bonchev–Trinajstić information content (AvgIpc) is 2.63. The summed E-state index contributed by atoms with van der Waals surface area (Å²) in [4.78, 5) is 14.8. The van der Waals surface area contributed by atoms with Crippen LogP contribution in [0.1, 0.15) is 27.7 Å². The van der Waals surface area contributed by atoms with Crippen LogP contribution in [0.3, 0.4) is 0 Å². The maximum absolute atomic E-state index is 12.6. The minimum Gasteiger partial charge on any atom is -0.497 e. The van der Waals surface area contributed by atoms with Crippen LogP contribution in [-0.4, -0.2) is 58.6 Å². The molecule has 0 saturated heterocycles. The van der Waals surface area contributed by atoms with Crippen molar-refractivity contribution in [3.63, 3.8) is 0 Å². The normalized spacial score (nSPS) is 13.0.